The SMILES string of the molecule is O=C(CN1CCOCC1)N1CCN(c2nnc(C(F)(F)F)s2)CC1. The van der Waals surface area contributed by atoms with E-state index in [1.165, 1.54) is 0 Å². The molecule has 0 radical (unpaired) electrons. The zero-order chi connectivity index (χ0) is 17.2. The van der Waals surface area contributed by atoms with E-state index in [9.17, 15) is 18.0 Å². The van der Waals surface area contributed by atoms with Crippen LogP contribution in [0.1, 0.15) is 5.01 Å². The lowest BCUT2D eigenvalue weighted by atomic mass is 10.3. The number of carbonyl (C=O) groups excluding carboxylic acids is 1. The van der Waals surface area contributed by atoms with Crippen LogP contribution in [0, 0.1) is 0 Å². The number of aromatic nitrogens is 2. The lowest BCUT2D eigenvalue weighted by Gasteiger charge is -2.36. The fourth-order valence-electron chi connectivity index (χ4n) is 2.66. The van der Waals surface area contributed by atoms with Crippen LogP contribution in [0.3, 0.4) is 0 Å². The van der Waals surface area contributed by atoms with Gasteiger partial charge >= 0.3 is 6.18 Å². The Labute approximate surface area is 141 Å². The van der Waals surface area contributed by atoms with Gasteiger partial charge in [0.1, 0.15) is 0 Å². The summed E-state index contributed by atoms with van der Waals surface area (Å²) in [4.78, 5) is 17.8. The van der Waals surface area contributed by atoms with Crippen molar-refractivity contribution in [3.63, 3.8) is 0 Å². The molecule has 1 amide bonds. The van der Waals surface area contributed by atoms with E-state index >= 15 is 0 Å². The van der Waals surface area contributed by atoms with Gasteiger partial charge in [0.25, 0.3) is 0 Å². The Morgan fingerprint density at radius 1 is 1.08 bits per heavy atom. The maximum Gasteiger partial charge on any atom is 0.445 e. The first-order valence-corrected chi connectivity index (χ1v) is 8.48. The second kappa shape index (κ2) is 7.19. The first-order chi connectivity index (χ1) is 11.4. The van der Waals surface area contributed by atoms with Crippen LogP contribution < -0.4 is 4.90 Å². The normalized spacial score (nSPS) is 20.5. The van der Waals surface area contributed by atoms with Gasteiger partial charge < -0.3 is 14.5 Å². The van der Waals surface area contributed by atoms with Gasteiger partial charge in [0, 0.05) is 39.3 Å². The Morgan fingerprint density at radius 2 is 1.75 bits per heavy atom. The lowest BCUT2D eigenvalue weighted by molar-refractivity contribution is -0.138. The Kier molecular flexibility index (Phi) is 5.21. The highest BCUT2D eigenvalue weighted by atomic mass is 32.1. The van der Waals surface area contributed by atoms with Crippen LogP contribution in [-0.4, -0.2) is 84.9 Å². The van der Waals surface area contributed by atoms with Crippen molar-refractivity contribution < 1.29 is 22.7 Å². The molecule has 0 unspecified atom stereocenters. The largest absolute Gasteiger partial charge is 0.445 e. The number of ether oxygens (including phenoxy) is 1. The van der Waals surface area contributed by atoms with Gasteiger partial charge in [-0.15, -0.1) is 10.2 Å². The molecule has 1 aromatic rings. The maximum absolute atomic E-state index is 12.6. The third-order valence-electron chi connectivity index (χ3n) is 4.02. The molecule has 0 spiro atoms. The van der Waals surface area contributed by atoms with E-state index in [-0.39, 0.29) is 11.0 Å². The highest BCUT2D eigenvalue weighted by Crippen LogP contribution is 2.34. The maximum atomic E-state index is 12.6. The summed E-state index contributed by atoms with van der Waals surface area (Å²) in [5.41, 5.74) is 0. The number of alkyl halides is 3. The van der Waals surface area contributed by atoms with Crippen LogP contribution in [0.25, 0.3) is 0 Å². The zero-order valence-electron chi connectivity index (χ0n) is 13.0. The van der Waals surface area contributed by atoms with Gasteiger partial charge in [-0.3, -0.25) is 9.69 Å². The van der Waals surface area contributed by atoms with Crippen molar-refractivity contribution in [3.05, 3.63) is 5.01 Å². The molecule has 0 N–H and O–H groups in total. The fraction of sp³-hybridized carbons (Fsp3) is 0.769. The topological polar surface area (TPSA) is 61.8 Å². The Balaban J connectivity index is 1.50. The summed E-state index contributed by atoms with van der Waals surface area (Å²) >= 11 is 0.538. The van der Waals surface area contributed by atoms with Crippen LogP contribution in [-0.2, 0) is 15.7 Å². The third kappa shape index (κ3) is 4.14. The summed E-state index contributed by atoms with van der Waals surface area (Å²) in [6, 6.07) is 0. The quantitative estimate of drug-likeness (QED) is 0.779. The van der Waals surface area contributed by atoms with E-state index in [4.69, 9.17) is 4.74 Å². The van der Waals surface area contributed by atoms with Crippen LogP contribution in [0.15, 0.2) is 0 Å². The van der Waals surface area contributed by atoms with E-state index in [2.05, 4.69) is 15.1 Å². The van der Waals surface area contributed by atoms with Crippen molar-refractivity contribution in [1.82, 2.24) is 20.0 Å². The fourth-order valence-corrected chi connectivity index (χ4v) is 3.42. The summed E-state index contributed by atoms with van der Waals surface area (Å²) in [7, 11) is 0. The van der Waals surface area contributed by atoms with Crippen LogP contribution in [0.2, 0.25) is 0 Å². The molecule has 0 atom stereocenters. The van der Waals surface area contributed by atoms with Gasteiger partial charge in [-0.05, 0) is 0 Å². The van der Waals surface area contributed by atoms with E-state index < -0.39 is 11.2 Å². The molecule has 134 valence electrons. The molecule has 2 saturated heterocycles. The average Bonchev–Trinajstić information content (AvgIpc) is 3.06. The second-order valence-corrected chi connectivity index (χ2v) is 6.60. The minimum Gasteiger partial charge on any atom is -0.379 e. The van der Waals surface area contributed by atoms with Gasteiger partial charge in [-0.1, -0.05) is 11.3 Å². The first kappa shape index (κ1) is 17.4. The van der Waals surface area contributed by atoms with Crippen LogP contribution >= 0.6 is 11.3 Å². The van der Waals surface area contributed by atoms with Crippen molar-refractivity contribution in [2.24, 2.45) is 0 Å². The number of amides is 1. The summed E-state index contributed by atoms with van der Waals surface area (Å²) in [6.07, 6.45) is -4.47. The van der Waals surface area contributed by atoms with Gasteiger partial charge in [-0.2, -0.15) is 13.2 Å². The number of rotatable bonds is 3. The van der Waals surface area contributed by atoms with Gasteiger partial charge in [0.15, 0.2) is 0 Å². The van der Waals surface area contributed by atoms with E-state index in [1.807, 2.05) is 0 Å². The average molecular weight is 365 g/mol. The van der Waals surface area contributed by atoms with Gasteiger partial charge in [-0.25, -0.2) is 0 Å². The van der Waals surface area contributed by atoms with Gasteiger partial charge in [0.2, 0.25) is 16.0 Å². The summed E-state index contributed by atoms with van der Waals surface area (Å²) < 4.78 is 43.0. The highest BCUT2D eigenvalue weighted by molar-refractivity contribution is 7.15. The first-order valence-electron chi connectivity index (χ1n) is 7.67. The standard InChI is InChI=1S/C13H18F3N5O2S/c14-13(15,16)11-17-18-12(24-11)21-3-1-20(2-4-21)10(22)9-19-5-7-23-8-6-19/h1-9H2. The monoisotopic (exact) mass is 365 g/mol. The number of nitrogens with zero attached hydrogens (tertiary/aromatic N) is 5. The number of hydrogen-bond acceptors (Lipinski definition) is 7. The number of anilines is 1. The predicted molar refractivity (Wildman–Crippen MR) is 81.0 cm³/mol. The van der Waals surface area contributed by atoms with Crippen LogP contribution in [0.4, 0.5) is 18.3 Å². The minimum atomic E-state index is -4.47. The molecule has 2 aliphatic rings. The highest BCUT2D eigenvalue weighted by Gasteiger charge is 2.36. The van der Waals surface area contributed by atoms with Crippen molar-refractivity contribution in [2.45, 2.75) is 6.18 Å². The smallest absolute Gasteiger partial charge is 0.379 e. The number of halogens is 3. The molecule has 2 aliphatic heterocycles. The molecule has 0 aliphatic carbocycles. The number of hydrogen-bond donors (Lipinski definition) is 0. The third-order valence-corrected chi connectivity index (χ3v) is 5.05. The molecular formula is C13H18F3N5O2S. The molecular weight excluding hydrogens is 347 g/mol. The second-order valence-electron chi connectivity index (χ2n) is 5.64. The summed E-state index contributed by atoms with van der Waals surface area (Å²) in [5.74, 6) is 0.0461. The Hall–Kier alpha value is -1.46. The van der Waals surface area contributed by atoms with Crippen molar-refractivity contribution in [2.75, 3.05) is 63.9 Å². The molecule has 1 aromatic heterocycles. The lowest BCUT2D eigenvalue weighted by Crippen LogP contribution is -2.52. The molecule has 0 bridgehead atoms. The molecule has 11 heteroatoms. The number of piperazine rings is 1. The number of morpholine rings is 1. The molecule has 3 rings (SSSR count). The minimum absolute atomic E-state index is 0.0461. The Bertz CT molecular complexity index is 568. The molecule has 2 fully saturated rings. The molecule has 7 nitrogen and oxygen atoms in total. The van der Waals surface area contributed by atoms with Gasteiger partial charge in [0.05, 0.1) is 19.8 Å². The van der Waals surface area contributed by atoms with Crippen LogP contribution in [0.5, 0.6) is 0 Å². The predicted octanol–water partition coefficient (Wildman–Crippen LogP) is 0.538. The zero-order valence-corrected chi connectivity index (χ0v) is 13.8. The van der Waals surface area contributed by atoms with Crippen molar-refractivity contribution >= 4 is 22.4 Å². The van der Waals surface area contributed by atoms with E-state index in [0.29, 0.717) is 57.3 Å². The van der Waals surface area contributed by atoms with E-state index in [1.54, 1.807) is 9.80 Å². The molecule has 24 heavy (non-hydrogen) atoms. The summed E-state index contributed by atoms with van der Waals surface area (Å²) in [5, 5.41) is 6.13. The summed E-state index contributed by atoms with van der Waals surface area (Å²) in [6.45, 7) is 5.00. The van der Waals surface area contributed by atoms with E-state index in [0.717, 1.165) is 13.1 Å². The molecule has 3 heterocycles. The number of carbonyl (C=O) groups is 1. The molecule has 0 saturated carbocycles. The Morgan fingerprint density at radius 3 is 2.33 bits per heavy atom. The molecule has 0 aromatic carbocycles. The van der Waals surface area contributed by atoms with Crippen molar-refractivity contribution in [1.29, 1.82) is 0 Å². The van der Waals surface area contributed by atoms with Crippen molar-refractivity contribution in [3.8, 4) is 0 Å².